The van der Waals surface area contributed by atoms with Crippen LogP contribution in [0.25, 0.3) is 0 Å². The zero-order valence-corrected chi connectivity index (χ0v) is 11.5. The average molecular weight is 262 g/mol. The van der Waals surface area contributed by atoms with Gasteiger partial charge in [0.1, 0.15) is 5.78 Å². The van der Waals surface area contributed by atoms with Gasteiger partial charge in [-0.05, 0) is 6.92 Å². The third-order valence-electron chi connectivity index (χ3n) is 1.85. The first kappa shape index (κ1) is 16.1. The van der Waals surface area contributed by atoms with E-state index in [1.54, 1.807) is 0 Å². The molecule has 1 atom stereocenters. The van der Waals surface area contributed by atoms with Crippen LogP contribution in [0, 0.1) is 0 Å². The number of ketones is 1. The third-order valence-corrected chi connectivity index (χ3v) is 2.90. The standard InChI is InChI=1S/C11H19NO4S/c1-8(13)5-11(16)17-9(6-10(14)15)7-12(2,3)4/h9H,5-7H2,1-4H3/p+1. The summed E-state index contributed by atoms with van der Waals surface area (Å²) in [5.41, 5.74) is 0. The summed E-state index contributed by atoms with van der Waals surface area (Å²) in [6.45, 7) is 1.92. The van der Waals surface area contributed by atoms with Crippen LogP contribution in [-0.2, 0) is 14.4 Å². The van der Waals surface area contributed by atoms with Gasteiger partial charge in [0, 0.05) is 0 Å². The molecule has 0 aliphatic heterocycles. The van der Waals surface area contributed by atoms with E-state index in [4.69, 9.17) is 5.11 Å². The number of carbonyl (C=O) groups is 3. The predicted molar refractivity (Wildman–Crippen MR) is 66.8 cm³/mol. The highest BCUT2D eigenvalue weighted by Crippen LogP contribution is 2.20. The summed E-state index contributed by atoms with van der Waals surface area (Å²) < 4.78 is 0.582. The number of hydrogen-bond acceptors (Lipinski definition) is 4. The van der Waals surface area contributed by atoms with E-state index in [9.17, 15) is 14.4 Å². The minimum atomic E-state index is -0.924. The Morgan fingerprint density at radius 1 is 1.24 bits per heavy atom. The molecule has 0 radical (unpaired) electrons. The van der Waals surface area contributed by atoms with Crippen molar-refractivity contribution < 1.29 is 24.0 Å². The fraction of sp³-hybridized carbons (Fsp3) is 0.727. The van der Waals surface area contributed by atoms with Crippen molar-refractivity contribution in [3.8, 4) is 0 Å². The number of hydrogen-bond donors (Lipinski definition) is 1. The predicted octanol–water partition coefficient (Wildman–Crippen LogP) is 0.775. The number of rotatable bonds is 7. The van der Waals surface area contributed by atoms with E-state index >= 15 is 0 Å². The monoisotopic (exact) mass is 262 g/mol. The lowest BCUT2D eigenvalue weighted by Gasteiger charge is -2.27. The highest BCUT2D eigenvalue weighted by atomic mass is 32.2. The fourth-order valence-electron chi connectivity index (χ4n) is 1.38. The molecule has 0 rings (SSSR count). The van der Waals surface area contributed by atoms with E-state index in [1.807, 2.05) is 21.1 Å². The van der Waals surface area contributed by atoms with Gasteiger partial charge in [-0.3, -0.25) is 14.4 Å². The molecule has 6 heteroatoms. The Labute approximate surface area is 106 Å². The average Bonchev–Trinajstić information content (AvgIpc) is 1.95. The highest BCUT2D eigenvalue weighted by Gasteiger charge is 2.24. The molecule has 17 heavy (non-hydrogen) atoms. The fourth-order valence-corrected chi connectivity index (χ4v) is 2.79. The van der Waals surface area contributed by atoms with Crippen LogP contribution in [0.4, 0.5) is 0 Å². The Hall–Kier alpha value is -0.880. The number of quaternary nitrogens is 1. The zero-order valence-electron chi connectivity index (χ0n) is 10.7. The van der Waals surface area contributed by atoms with E-state index in [1.165, 1.54) is 6.92 Å². The number of Topliss-reactive ketones (excluding diaryl/α,β-unsaturated/α-hetero) is 1. The van der Waals surface area contributed by atoms with Crippen LogP contribution in [0.1, 0.15) is 19.8 Å². The van der Waals surface area contributed by atoms with Gasteiger partial charge in [-0.15, -0.1) is 0 Å². The molecule has 0 spiro atoms. The second kappa shape index (κ2) is 6.76. The molecule has 0 aromatic rings. The number of carbonyl (C=O) groups excluding carboxylic acids is 2. The Morgan fingerprint density at radius 3 is 2.12 bits per heavy atom. The maximum atomic E-state index is 11.5. The first-order valence-electron chi connectivity index (χ1n) is 5.31. The number of carboxylic acids is 1. The van der Waals surface area contributed by atoms with E-state index in [2.05, 4.69) is 0 Å². The second-order valence-electron chi connectivity index (χ2n) is 5.06. The van der Waals surface area contributed by atoms with Crippen LogP contribution in [-0.4, -0.2) is 59.4 Å². The van der Waals surface area contributed by atoms with Crippen LogP contribution >= 0.6 is 11.8 Å². The molecule has 0 aromatic heterocycles. The molecular weight excluding hydrogens is 242 g/mol. The summed E-state index contributed by atoms with van der Waals surface area (Å²) in [4.78, 5) is 33.0. The van der Waals surface area contributed by atoms with Gasteiger partial charge in [0.15, 0.2) is 5.12 Å². The Bertz CT molecular complexity index is 309. The molecule has 0 aliphatic rings. The third kappa shape index (κ3) is 10.0. The van der Waals surface area contributed by atoms with Gasteiger partial charge in [-0.1, -0.05) is 11.8 Å². The lowest BCUT2D eigenvalue weighted by molar-refractivity contribution is -0.869. The van der Waals surface area contributed by atoms with Crippen LogP contribution in [0.15, 0.2) is 0 Å². The Kier molecular flexibility index (Phi) is 6.41. The second-order valence-corrected chi connectivity index (χ2v) is 6.42. The molecular formula is C11H20NO4S+. The van der Waals surface area contributed by atoms with Gasteiger partial charge < -0.3 is 9.59 Å². The quantitative estimate of drug-likeness (QED) is 0.542. The Morgan fingerprint density at radius 2 is 1.76 bits per heavy atom. The molecule has 0 saturated heterocycles. The molecule has 0 amide bonds. The normalized spacial score (nSPS) is 13.2. The van der Waals surface area contributed by atoms with E-state index in [0.29, 0.717) is 11.0 Å². The van der Waals surface area contributed by atoms with Crippen molar-refractivity contribution in [1.29, 1.82) is 0 Å². The topological polar surface area (TPSA) is 71.4 Å². The molecule has 98 valence electrons. The SMILES string of the molecule is CC(=O)CC(=O)SC(CC(=O)O)C[N+](C)(C)C. The van der Waals surface area contributed by atoms with Gasteiger partial charge >= 0.3 is 5.97 Å². The first-order chi connectivity index (χ1) is 7.60. The van der Waals surface area contributed by atoms with Crippen molar-refractivity contribution in [2.45, 2.75) is 25.0 Å². The molecule has 5 nitrogen and oxygen atoms in total. The first-order valence-corrected chi connectivity index (χ1v) is 6.19. The summed E-state index contributed by atoms with van der Waals surface area (Å²) in [6.07, 6.45) is -0.193. The van der Waals surface area contributed by atoms with Crippen molar-refractivity contribution in [3.63, 3.8) is 0 Å². The van der Waals surface area contributed by atoms with Gasteiger partial charge in [-0.25, -0.2) is 0 Å². The van der Waals surface area contributed by atoms with Crippen LogP contribution in [0.2, 0.25) is 0 Å². The van der Waals surface area contributed by atoms with Gasteiger partial charge in [0.05, 0.1) is 45.8 Å². The van der Waals surface area contributed by atoms with Crippen molar-refractivity contribution >= 4 is 28.6 Å². The Balaban J connectivity index is 4.43. The molecule has 1 N–H and O–H groups in total. The lowest BCUT2D eigenvalue weighted by Crippen LogP contribution is -2.41. The van der Waals surface area contributed by atoms with Gasteiger partial charge in [0.2, 0.25) is 0 Å². The summed E-state index contributed by atoms with van der Waals surface area (Å²) in [5, 5.41) is 8.23. The zero-order chi connectivity index (χ0) is 13.6. The van der Waals surface area contributed by atoms with Crippen molar-refractivity contribution in [2.24, 2.45) is 0 Å². The highest BCUT2D eigenvalue weighted by molar-refractivity contribution is 8.14. The van der Waals surface area contributed by atoms with Crippen molar-refractivity contribution in [2.75, 3.05) is 27.7 Å². The molecule has 0 heterocycles. The molecule has 1 unspecified atom stereocenters. The smallest absolute Gasteiger partial charge is 0.304 e. The van der Waals surface area contributed by atoms with E-state index < -0.39 is 5.97 Å². The van der Waals surface area contributed by atoms with Crippen LogP contribution in [0.5, 0.6) is 0 Å². The maximum absolute atomic E-state index is 11.5. The van der Waals surface area contributed by atoms with E-state index in [-0.39, 0.29) is 29.0 Å². The van der Waals surface area contributed by atoms with Gasteiger partial charge in [-0.2, -0.15) is 0 Å². The largest absolute Gasteiger partial charge is 0.481 e. The van der Waals surface area contributed by atoms with Gasteiger partial charge in [0.25, 0.3) is 0 Å². The number of carboxylic acid groups (broad SMARTS) is 1. The van der Waals surface area contributed by atoms with Crippen molar-refractivity contribution in [3.05, 3.63) is 0 Å². The maximum Gasteiger partial charge on any atom is 0.304 e. The lowest BCUT2D eigenvalue weighted by atomic mass is 10.3. The molecule has 0 bridgehead atoms. The summed E-state index contributed by atoms with van der Waals surface area (Å²) in [7, 11) is 5.81. The van der Waals surface area contributed by atoms with E-state index in [0.717, 1.165) is 11.8 Å². The summed E-state index contributed by atoms with van der Waals surface area (Å²) in [6, 6.07) is 0. The molecule has 0 aliphatic carbocycles. The summed E-state index contributed by atoms with van der Waals surface area (Å²) >= 11 is 0.972. The number of thioether (sulfide) groups is 1. The minimum Gasteiger partial charge on any atom is -0.481 e. The number of nitrogens with zero attached hydrogens (tertiary/aromatic N) is 1. The molecule has 0 aromatic carbocycles. The number of aliphatic carboxylic acids is 1. The van der Waals surface area contributed by atoms with Crippen LogP contribution < -0.4 is 0 Å². The van der Waals surface area contributed by atoms with Crippen molar-refractivity contribution in [1.82, 2.24) is 0 Å². The minimum absolute atomic E-state index is 0.0656. The van der Waals surface area contributed by atoms with Crippen LogP contribution in [0.3, 0.4) is 0 Å². The molecule has 0 fully saturated rings. The molecule has 0 saturated carbocycles. The summed E-state index contributed by atoms with van der Waals surface area (Å²) in [5.74, 6) is -1.12.